The molecule has 0 aliphatic heterocycles. The van der Waals surface area contributed by atoms with Crippen molar-refractivity contribution in [3.05, 3.63) is 59.5 Å². The zero-order valence-corrected chi connectivity index (χ0v) is 19.7. The van der Waals surface area contributed by atoms with Crippen LogP contribution in [0.3, 0.4) is 0 Å². The van der Waals surface area contributed by atoms with Crippen molar-refractivity contribution in [2.45, 2.75) is 52.9 Å². The molecule has 0 bridgehead atoms. The van der Waals surface area contributed by atoms with Crippen LogP contribution in [0.2, 0.25) is 0 Å². The molecule has 0 saturated heterocycles. The van der Waals surface area contributed by atoms with Crippen molar-refractivity contribution in [1.82, 2.24) is 20.4 Å². The largest absolute Gasteiger partial charge is 0.468 e. The van der Waals surface area contributed by atoms with Gasteiger partial charge in [0.15, 0.2) is 5.96 Å². The van der Waals surface area contributed by atoms with E-state index < -0.39 is 0 Å². The maximum absolute atomic E-state index is 12.3. The molecule has 0 aliphatic rings. The fraction of sp³-hybridized carbons (Fsp3) is 0.500. The summed E-state index contributed by atoms with van der Waals surface area (Å²) < 4.78 is 5.46. The van der Waals surface area contributed by atoms with Crippen LogP contribution < -0.4 is 10.6 Å². The maximum Gasteiger partial charge on any atom is 0.240 e. The Labute approximate surface area is 186 Å². The van der Waals surface area contributed by atoms with E-state index in [9.17, 15) is 4.79 Å². The minimum absolute atomic E-state index is 0.0273. The molecule has 0 aliphatic carbocycles. The number of aliphatic imine (C=N–C) groups is 1. The van der Waals surface area contributed by atoms with Crippen LogP contribution in [0.4, 0.5) is 0 Å². The van der Waals surface area contributed by atoms with Crippen LogP contribution in [-0.2, 0) is 24.4 Å². The van der Waals surface area contributed by atoms with Crippen LogP contribution in [0.25, 0.3) is 0 Å². The quantitative estimate of drug-likeness (QED) is 0.475. The van der Waals surface area contributed by atoms with Crippen molar-refractivity contribution in [2.75, 3.05) is 27.2 Å². The number of hydrogen-bond acceptors (Lipinski definition) is 4. The third-order valence-corrected chi connectivity index (χ3v) is 4.56. The van der Waals surface area contributed by atoms with E-state index in [-0.39, 0.29) is 18.0 Å². The van der Waals surface area contributed by atoms with Gasteiger partial charge in [0.2, 0.25) is 5.91 Å². The van der Waals surface area contributed by atoms with E-state index in [0.29, 0.717) is 12.5 Å². The lowest BCUT2D eigenvalue weighted by Crippen LogP contribution is -2.48. The van der Waals surface area contributed by atoms with Crippen LogP contribution >= 0.6 is 0 Å². The number of hydrogen-bond donors (Lipinski definition) is 2. The second kappa shape index (κ2) is 11.6. The van der Waals surface area contributed by atoms with Crippen molar-refractivity contribution < 1.29 is 9.21 Å². The van der Waals surface area contributed by atoms with Gasteiger partial charge in [-0.3, -0.25) is 9.69 Å². The smallest absolute Gasteiger partial charge is 0.240 e. The highest BCUT2D eigenvalue weighted by atomic mass is 16.3. The standard InChI is InChI=1S/C24H37N5O2/c1-7-25-23(29(6)18-22(30)27-24(2,3)4)26-15-19-11-8-9-12-20(19)16-28(5)17-21-13-10-14-31-21/h8-14H,7,15-18H2,1-6H3,(H,25,26)(H,27,30). The Morgan fingerprint density at radius 3 is 2.39 bits per heavy atom. The number of carbonyl (C=O) groups excluding carboxylic acids is 1. The number of rotatable bonds is 9. The molecule has 7 heteroatoms. The second-order valence-electron chi connectivity index (χ2n) is 8.84. The highest BCUT2D eigenvalue weighted by Gasteiger charge is 2.17. The molecule has 0 fully saturated rings. The number of carbonyl (C=O) groups is 1. The van der Waals surface area contributed by atoms with Gasteiger partial charge in [-0.2, -0.15) is 0 Å². The summed E-state index contributed by atoms with van der Waals surface area (Å²) in [6.07, 6.45) is 1.70. The molecule has 0 unspecified atom stereocenters. The summed E-state index contributed by atoms with van der Waals surface area (Å²) in [5.74, 6) is 1.63. The van der Waals surface area contributed by atoms with Gasteiger partial charge in [-0.1, -0.05) is 24.3 Å². The monoisotopic (exact) mass is 427 g/mol. The van der Waals surface area contributed by atoms with Gasteiger partial charge < -0.3 is 20.0 Å². The predicted octanol–water partition coefficient (Wildman–Crippen LogP) is 3.22. The summed E-state index contributed by atoms with van der Waals surface area (Å²) in [5, 5.41) is 6.28. The van der Waals surface area contributed by atoms with Gasteiger partial charge in [0.25, 0.3) is 0 Å². The third kappa shape index (κ3) is 8.84. The summed E-state index contributed by atoms with van der Waals surface area (Å²) in [5.41, 5.74) is 2.13. The lowest BCUT2D eigenvalue weighted by Gasteiger charge is -2.25. The van der Waals surface area contributed by atoms with E-state index in [2.05, 4.69) is 40.8 Å². The third-order valence-electron chi connectivity index (χ3n) is 4.56. The zero-order chi connectivity index (χ0) is 22.9. The molecule has 0 radical (unpaired) electrons. The first-order valence-corrected chi connectivity index (χ1v) is 10.8. The number of nitrogens with one attached hydrogen (secondary N) is 2. The molecule has 1 heterocycles. The van der Waals surface area contributed by atoms with E-state index in [4.69, 9.17) is 9.41 Å². The molecular formula is C24H37N5O2. The molecule has 7 nitrogen and oxygen atoms in total. The molecule has 2 rings (SSSR count). The normalized spacial score (nSPS) is 12.2. The van der Waals surface area contributed by atoms with Gasteiger partial charge in [0.05, 0.1) is 25.9 Å². The molecule has 31 heavy (non-hydrogen) atoms. The molecule has 1 amide bonds. The predicted molar refractivity (Wildman–Crippen MR) is 126 cm³/mol. The average molecular weight is 428 g/mol. The molecule has 0 saturated carbocycles. The lowest BCUT2D eigenvalue weighted by molar-refractivity contribution is -0.122. The van der Waals surface area contributed by atoms with Crippen molar-refractivity contribution in [3.8, 4) is 0 Å². The van der Waals surface area contributed by atoms with Crippen molar-refractivity contribution >= 4 is 11.9 Å². The van der Waals surface area contributed by atoms with Crippen LogP contribution in [0, 0.1) is 0 Å². The molecule has 1 aromatic heterocycles. The number of likely N-dealkylation sites (N-methyl/N-ethyl adjacent to an activating group) is 1. The Balaban J connectivity index is 2.05. The average Bonchev–Trinajstić information content (AvgIpc) is 3.17. The molecule has 170 valence electrons. The Bertz CT molecular complexity index is 840. The minimum Gasteiger partial charge on any atom is -0.468 e. The van der Waals surface area contributed by atoms with Gasteiger partial charge in [0.1, 0.15) is 5.76 Å². The Hall–Kier alpha value is -2.80. The fourth-order valence-corrected chi connectivity index (χ4v) is 3.26. The Morgan fingerprint density at radius 2 is 1.77 bits per heavy atom. The Kier molecular flexibility index (Phi) is 9.12. The molecule has 0 atom stereocenters. The zero-order valence-electron chi connectivity index (χ0n) is 19.7. The van der Waals surface area contributed by atoms with Crippen LogP contribution in [0.5, 0.6) is 0 Å². The minimum atomic E-state index is -0.256. The highest BCUT2D eigenvalue weighted by Crippen LogP contribution is 2.14. The number of amides is 1. The van der Waals surface area contributed by atoms with E-state index in [1.165, 1.54) is 5.56 Å². The first-order chi connectivity index (χ1) is 14.7. The van der Waals surface area contributed by atoms with Crippen LogP contribution in [-0.4, -0.2) is 54.4 Å². The Morgan fingerprint density at radius 1 is 1.06 bits per heavy atom. The molecule has 0 spiro atoms. The van der Waals surface area contributed by atoms with E-state index >= 15 is 0 Å². The number of nitrogens with zero attached hydrogens (tertiary/aromatic N) is 3. The van der Waals surface area contributed by atoms with Crippen LogP contribution in [0.1, 0.15) is 44.6 Å². The van der Waals surface area contributed by atoms with Gasteiger partial charge in [0, 0.05) is 25.7 Å². The SMILES string of the molecule is CCNC(=NCc1ccccc1CN(C)Cc1ccco1)N(C)CC(=O)NC(C)(C)C. The topological polar surface area (TPSA) is 73.1 Å². The number of guanidine groups is 1. The van der Waals surface area contributed by atoms with Gasteiger partial charge in [-0.15, -0.1) is 0 Å². The van der Waals surface area contributed by atoms with E-state index in [1.807, 2.05) is 57.8 Å². The first-order valence-electron chi connectivity index (χ1n) is 10.8. The first kappa shape index (κ1) is 24.5. The number of benzene rings is 1. The maximum atomic E-state index is 12.3. The van der Waals surface area contributed by atoms with Gasteiger partial charge >= 0.3 is 0 Å². The van der Waals surface area contributed by atoms with Crippen molar-refractivity contribution in [1.29, 1.82) is 0 Å². The molecular weight excluding hydrogens is 390 g/mol. The summed E-state index contributed by atoms with van der Waals surface area (Å²) in [6, 6.07) is 12.2. The molecule has 2 N–H and O–H groups in total. The van der Waals surface area contributed by atoms with E-state index in [1.54, 1.807) is 6.26 Å². The molecule has 1 aromatic carbocycles. The van der Waals surface area contributed by atoms with Gasteiger partial charge in [-0.05, 0) is 58.0 Å². The lowest BCUT2D eigenvalue weighted by atomic mass is 10.1. The fourth-order valence-electron chi connectivity index (χ4n) is 3.26. The van der Waals surface area contributed by atoms with Crippen LogP contribution in [0.15, 0.2) is 52.1 Å². The van der Waals surface area contributed by atoms with Crippen molar-refractivity contribution in [2.24, 2.45) is 4.99 Å². The van der Waals surface area contributed by atoms with Gasteiger partial charge in [-0.25, -0.2) is 4.99 Å². The highest BCUT2D eigenvalue weighted by molar-refractivity contribution is 5.86. The van der Waals surface area contributed by atoms with E-state index in [0.717, 1.165) is 31.0 Å². The number of furan rings is 1. The summed E-state index contributed by atoms with van der Waals surface area (Å²) in [7, 11) is 3.96. The summed E-state index contributed by atoms with van der Waals surface area (Å²) in [4.78, 5) is 21.2. The summed E-state index contributed by atoms with van der Waals surface area (Å²) in [6.45, 7) is 11.0. The molecule has 2 aromatic rings. The second-order valence-corrected chi connectivity index (χ2v) is 8.84. The van der Waals surface area contributed by atoms with Crippen molar-refractivity contribution in [3.63, 3.8) is 0 Å². The summed E-state index contributed by atoms with van der Waals surface area (Å²) >= 11 is 0.